The van der Waals surface area contributed by atoms with E-state index >= 15 is 0 Å². The predicted octanol–water partition coefficient (Wildman–Crippen LogP) is 1.39. The van der Waals surface area contributed by atoms with Crippen molar-refractivity contribution < 1.29 is 0 Å². The molecule has 0 amide bonds. The number of aromatic nitrogens is 3. The SMILES string of the molecule is c1nnc2n1CCCCCC2. The number of fused-ring (bicyclic) bond motifs is 1. The minimum Gasteiger partial charge on any atom is -0.318 e. The van der Waals surface area contributed by atoms with E-state index in [0.29, 0.717) is 0 Å². The molecule has 0 radical (unpaired) electrons. The molecule has 1 aromatic rings. The lowest BCUT2D eigenvalue weighted by Gasteiger charge is -2.09. The maximum Gasteiger partial charge on any atom is 0.132 e. The molecule has 2 heterocycles. The molecule has 3 nitrogen and oxygen atoms in total. The zero-order valence-corrected chi connectivity index (χ0v) is 6.66. The van der Waals surface area contributed by atoms with E-state index in [0.717, 1.165) is 13.0 Å². The van der Waals surface area contributed by atoms with E-state index in [1.54, 1.807) is 0 Å². The van der Waals surface area contributed by atoms with Crippen LogP contribution in [0.4, 0.5) is 0 Å². The van der Waals surface area contributed by atoms with Crippen molar-refractivity contribution in [2.45, 2.75) is 38.6 Å². The van der Waals surface area contributed by atoms with E-state index in [2.05, 4.69) is 14.8 Å². The molecular formula is C8H13N3. The summed E-state index contributed by atoms with van der Waals surface area (Å²) in [4.78, 5) is 0. The van der Waals surface area contributed by atoms with Crippen LogP contribution in [0.25, 0.3) is 0 Å². The summed E-state index contributed by atoms with van der Waals surface area (Å²) in [6, 6.07) is 0. The zero-order chi connectivity index (χ0) is 7.52. The molecule has 0 N–H and O–H groups in total. The molecule has 0 fully saturated rings. The second-order valence-corrected chi connectivity index (χ2v) is 3.10. The van der Waals surface area contributed by atoms with Gasteiger partial charge in [0.2, 0.25) is 0 Å². The van der Waals surface area contributed by atoms with Gasteiger partial charge < -0.3 is 4.57 Å². The Labute approximate surface area is 66.4 Å². The highest BCUT2D eigenvalue weighted by molar-refractivity contribution is 4.86. The number of hydrogen-bond acceptors (Lipinski definition) is 2. The molecule has 11 heavy (non-hydrogen) atoms. The molecule has 0 atom stereocenters. The summed E-state index contributed by atoms with van der Waals surface area (Å²) in [6.45, 7) is 1.11. The maximum absolute atomic E-state index is 4.07. The Morgan fingerprint density at radius 1 is 1.18 bits per heavy atom. The molecule has 0 aliphatic carbocycles. The fourth-order valence-corrected chi connectivity index (χ4v) is 1.58. The van der Waals surface area contributed by atoms with Crippen molar-refractivity contribution in [2.75, 3.05) is 0 Å². The Hall–Kier alpha value is -0.860. The molecule has 0 aromatic carbocycles. The van der Waals surface area contributed by atoms with Crippen LogP contribution in [0.1, 0.15) is 31.5 Å². The van der Waals surface area contributed by atoms with Crippen molar-refractivity contribution >= 4 is 0 Å². The van der Waals surface area contributed by atoms with Crippen molar-refractivity contribution in [2.24, 2.45) is 0 Å². The zero-order valence-electron chi connectivity index (χ0n) is 6.66. The highest BCUT2D eigenvalue weighted by Crippen LogP contribution is 2.11. The Morgan fingerprint density at radius 3 is 3.09 bits per heavy atom. The predicted molar refractivity (Wildman–Crippen MR) is 42.2 cm³/mol. The fourth-order valence-electron chi connectivity index (χ4n) is 1.58. The van der Waals surface area contributed by atoms with Crippen molar-refractivity contribution in [3.63, 3.8) is 0 Å². The second kappa shape index (κ2) is 3.03. The molecule has 60 valence electrons. The van der Waals surface area contributed by atoms with Crippen molar-refractivity contribution in [1.29, 1.82) is 0 Å². The summed E-state index contributed by atoms with van der Waals surface area (Å²) in [6.07, 6.45) is 8.23. The molecule has 0 bridgehead atoms. The van der Waals surface area contributed by atoms with Gasteiger partial charge in [0.05, 0.1) is 0 Å². The third-order valence-electron chi connectivity index (χ3n) is 2.25. The summed E-state index contributed by atoms with van der Waals surface area (Å²) >= 11 is 0. The van der Waals surface area contributed by atoms with Gasteiger partial charge in [0.15, 0.2) is 0 Å². The molecular weight excluding hydrogens is 138 g/mol. The van der Waals surface area contributed by atoms with E-state index in [1.807, 2.05) is 6.33 Å². The van der Waals surface area contributed by atoms with E-state index in [1.165, 1.54) is 31.5 Å². The molecule has 2 rings (SSSR count). The third-order valence-corrected chi connectivity index (χ3v) is 2.25. The molecule has 1 aromatic heterocycles. The van der Waals surface area contributed by atoms with Gasteiger partial charge in [-0.25, -0.2) is 0 Å². The third kappa shape index (κ3) is 1.42. The van der Waals surface area contributed by atoms with Crippen LogP contribution >= 0.6 is 0 Å². The molecule has 0 unspecified atom stereocenters. The minimum absolute atomic E-state index is 1.11. The first-order valence-electron chi connectivity index (χ1n) is 4.33. The second-order valence-electron chi connectivity index (χ2n) is 3.10. The van der Waals surface area contributed by atoms with Gasteiger partial charge in [-0.3, -0.25) is 0 Å². The van der Waals surface area contributed by atoms with Crippen LogP contribution in [0, 0.1) is 0 Å². The van der Waals surface area contributed by atoms with Crippen LogP contribution in [-0.4, -0.2) is 14.8 Å². The van der Waals surface area contributed by atoms with Crippen molar-refractivity contribution in [3.8, 4) is 0 Å². The van der Waals surface area contributed by atoms with Gasteiger partial charge in [0.25, 0.3) is 0 Å². The molecule has 0 spiro atoms. The highest BCUT2D eigenvalue weighted by Gasteiger charge is 2.06. The average molecular weight is 151 g/mol. The first kappa shape index (κ1) is 6.83. The topological polar surface area (TPSA) is 30.7 Å². The maximum atomic E-state index is 4.07. The van der Waals surface area contributed by atoms with Gasteiger partial charge in [-0.2, -0.15) is 0 Å². The van der Waals surface area contributed by atoms with E-state index in [4.69, 9.17) is 0 Å². The van der Waals surface area contributed by atoms with Crippen LogP contribution in [0.2, 0.25) is 0 Å². The van der Waals surface area contributed by atoms with Gasteiger partial charge in [-0.05, 0) is 12.8 Å². The molecule has 0 saturated heterocycles. The quantitative estimate of drug-likeness (QED) is 0.561. The van der Waals surface area contributed by atoms with Crippen molar-refractivity contribution in [1.82, 2.24) is 14.8 Å². The summed E-state index contributed by atoms with van der Waals surface area (Å²) in [5, 5.41) is 7.97. The van der Waals surface area contributed by atoms with E-state index in [-0.39, 0.29) is 0 Å². The average Bonchev–Trinajstić information content (AvgIpc) is 2.35. The molecule has 1 aliphatic rings. The number of rotatable bonds is 0. The van der Waals surface area contributed by atoms with Crippen LogP contribution < -0.4 is 0 Å². The Bertz CT molecular complexity index is 206. The van der Waals surface area contributed by atoms with Crippen LogP contribution in [0.15, 0.2) is 6.33 Å². The van der Waals surface area contributed by atoms with Crippen LogP contribution in [0.3, 0.4) is 0 Å². The standard InChI is InChI=1S/C8H13N3/c1-2-4-6-11-7-9-10-8(11)5-3-1/h7H,1-6H2. The lowest BCUT2D eigenvalue weighted by Crippen LogP contribution is -2.06. The van der Waals surface area contributed by atoms with Gasteiger partial charge in [-0.15, -0.1) is 10.2 Å². The monoisotopic (exact) mass is 151 g/mol. The van der Waals surface area contributed by atoms with Crippen LogP contribution in [-0.2, 0) is 13.0 Å². The van der Waals surface area contributed by atoms with Gasteiger partial charge in [0.1, 0.15) is 12.2 Å². The minimum atomic E-state index is 1.11. The van der Waals surface area contributed by atoms with Gasteiger partial charge in [-0.1, -0.05) is 12.8 Å². The largest absolute Gasteiger partial charge is 0.318 e. The molecule has 0 saturated carbocycles. The molecule has 3 heteroatoms. The Kier molecular flexibility index (Phi) is 1.88. The summed E-state index contributed by atoms with van der Waals surface area (Å²) in [7, 11) is 0. The van der Waals surface area contributed by atoms with Crippen LogP contribution in [0.5, 0.6) is 0 Å². The Morgan fingerprint density at radius 2 is 2.09 bits per heavy atom. The highest BCUT2D eigenvalue weighted by atomic mass is 15.3. The number of nitrogens with zero attached hydrogens (tertiary/aromatic N) is 3. The summed E-state index contributed by atoms with van der Waals surface area (Å²) < 4.78 is 2.18. The lowest BCUT2D eigenvalue weighted by molar-refractivity contribution is 0.516. The van der Waals surface area contributed by atoms with E-state index in [9.17, 15) is 0 Å². The van der Waals surface area contributed by atoms with Gasteiger partial charge >= 0.3 is 0 Å². The fraction of sp³-hybridized carbons (Fsp3) is 0.750. The summed E-state index contributed by atoms with van der Waals surface area (Å²) in [5.74, 6) is 1.17. The summed E-state index contributed by atoms with van der Waals surface area (Å²) in [5.41, 5.74) is 0. The first-order valence-corrected chi connectivity index (χ1v) is 4.33. The first-order chi connectivity index (χ1) is 5.47. The van der Waals surface area contributed by atoms with Gasteiger partial charge in [0, 0.05) is 13.0 Å². The lowest BCUT2D eigenvalue weighted by atomic mass is 10.1. The normalized spacial score (nSPS) is 18.5. The number of hydrogen-bond donors (Lipinski definition) is 0. The van der Waals surface area contributed by atoms with E-state index < -0.39 is 0 Å². The molecule has 1 aliphatic heterocycles. The van der Waals surface area contributed by atoms with Crippen molar-refractivity contribution in [3.05, 3.63) is 12.2 Å². The Balaban J connectivity index is 2.18. The smallest absolute Gasteiger partial charge is 0.132 e. The number of aryl methyl sites for hydroxylation is 2.